The molecule has 5 nitrogen and oxygen atoms in total. The van der Waals surface area contributed by atoms with Crippen LogP contribution in [-0.4, -0.2) is 28.5 Å². The number of unbranched alkanes of at least 4 members (excludes halogenated alkanes) is 1. The van der Waals surface area contributed by atoms with E-state index in [2.05, 4.69) is 10.3 Å². The van der Waals surface area contributed by atoms with E-state index >= 15 is 0 Å². The highest BCUT2D eigenvalue weighted by atomic mass is 16.4. The van der Waals surface area contributed by atoms with Gasteiger partial charge in [-0.25, -0.2) is 4.79 Å². The zero-order valence-corrected chi connectivity index (χ0v) is 10.2. The topological polar surface area (TPSA) is 79.3 Å². The Hall–Kier alpha value is -2.17. The summed E-state index contributed by atoms with van der Waals surface area (Å²) in [4.78, 5) is 25.9. The van der Waals surface area contributed by atoms with Gasteiger partial charge in [-0.2, -0.15) is 0 Å². The number of carboxylic acids is 1. The van der Waals surface area contributed by atoms with Gasteiger partial charge in [0.25, 0.3) is 5.91 Å². The number of hydrogen-bond acceptors (Lipinski definition) is 3. The molecule has 0 aliphatic rings. The molecule has 0 atom stereocenters. The molecule has 5 heteroatoms. The quantitative estimate of drug-likeness (QED) is 0.593. The molecule has 0 aliphatic carbocycles. The van der Waals surface area contributed by atoms with Crippen molar-refractivity contribution in [1.29, 1.82) is 0 Å². The van der Waals surface area contributed by atoms with Crippen molar-refractivity contribution < 1.29 is 14.7 Å². The highest BCUT2D eigenvalue weighted by Gasteiger charge is 2.05. The van der Waals surface area contributed by atoms with Crippen LogP contribution in [0.15, 0.2) is 24.4 Å². The molecule has 0 aliphatic heterocycles. The summed E-state index contributed by atoms with van der Waals surface area (Å²) in [6.07, 6.45) is 5.87. The molecule has 0 aromatic carbocycles. The van der Waals surface area contributed by atoms with Gasteiger partial charge in [-0.15, -0.1) is 0 Å². The van der Waals surface area contributed by atoms with E-state index in [0.29, 0.717) is 17.8 Å². The lowest BCUT2D eigenvalue weighted by Gasteiger charge is -2.03. The van der Waals surface area contributed by atoms with Crippen molar-refractivity contribution in [3.05, 3.63) is 35.7 Å². The summed E-state index contributed by atoms with van der Waals surface area (Å²) >= 11 is 0. The number of nitrogens with zero attached hydrogens (tertiary/aromatic N) is 1. The smallest absolute Gasteiger partial charge is 0.328 e. The summed E-state index contributed by atoms with van der Waals surface area (Å²) in [5, 5.41) is 11.2. The third-order valence-corrected chi connectivity index (χ3v) is 2.25. The first-order valence-electron chi connectivity index (χ1n) is 5.78. The summed E-state index contributed by atoms with van der Waals surface area (Å²) in [7, 11) is 0. The second-order valence-electron chi connectivity index (χ2n) is 3.76. The van der Waals surface area contributed by atoms with Crippen molar-refractivity contribution in [2.45, 2.75) is 19.8 Å². The summed E-state index contributed by atoms with van der Waals surface area (Å²) in [6.45, 7) is 2.69. The molecule has 0 fully saturated rings. The normalized spacial score (nSPS) is 10.5. The number of carbonyl (C=O) groups excluding carboxylic acids is 1. The zero-order valence-electron chi connectivity index (χ0n) is 10.2. The Bertz CT molecular complexity index is 438. The minimum absolute atomic E-state index is 0.211. The first-order chi connectivity index (χ1) is 8.63. The Kier molecular flexibility index (Phi) is 5.57. The predicted molar refractivity (Wildman–Crippen MR) is 68.1 cm³/mol. The summed E-state index contributed by atoms with van der Waals surface area (Å²) < 4.78 is 0. The molecule has 0 bridgehead atoms. The van der Waals surface area contributed by atoms with Gasteiger partial charge in [0.15, 0.2) is 0 Å². The maximum Gasteiger partial charge on any atom is 0.328 e. The number of carbonyl (C=O) groups is 2. The lowest BCUT2D eigenvalue weighted by molar-refractivity contribution is -0.131. The molecule has 0 saturated heterocycles. The monoisotopic (exact) mass is 248 g/mol. The molecule has 0 unspecified atom stereocenters. The van der Waals surface area contributed by atoms with Crippen LogP contribution < -0.4 is 5.32 Å². The van der Waals surface area contributed by atoms with E-state index in [1.165, 1.54) is 12.3 Å². The third kappa shape index (κ3) is 4.78. The first-order valence-corrected chi connectivity index (χ1v) is 5.78. The van der Waals surface area contributed by atoms with Crippen LogP contribution in [0.2, 0.25) is 0 Å². The molecular weight excluding hydrogens is 232 g/mol. The molecule has 0 saturated carbocycles. The molecule has 2 N–H and O–H groups in total. The summed E-state index contributed by atoms with van der Waals surface area (Å²) in [6, 6.07) is 3.23. The maximum absolute atomic E-state index is 11.6. The summed E-state index contributed by atoms with van der Waals surface area (Å²) in [5.41, 5.74) is 0.973. The number of rotatable bonds is 6. The van der Waals surface area contributed by atoms with E-state index in [0.717, 1.165) is 18.9 Å². The van der Waals surface area contributed by atoms with E-state index in [1.807, 2.05) is 6.92 Å². The van der Waals surface area contributed by atoms with E-state index in [-0.39, 0.29) is 5.91 Å². The van der Waals surface area contributed by atoms with Crippen LogP contribution in [0.5, 0.6) is 0 Å². The molecule has 1 aromatic heterocycles. The van der Waals surface area contributed by atoms with E-state index in [1.54, 1.807) is 12.1 Å². The first kappa shape index (κ1) is 13.9. The number of aromatic nitrogens is 1. The van der Waals surface area contributed by atoms with Gasteiger partial charge in [-0.05, 0) is 24.1 Å². The Morgan fingerprint density at radius 3 is 2.78 bits per heavy atom. The SMILES string of the molecule is CCCCNC(=O)c1ccc(C=CC(=O)O)cn1. The standard InChI is InChI=1S/C13H16N2O3/c1-2-3-8-14-13(18)11-6-4-10(9-15-11)5-7-12(16)17/h4-7,9H,2-3,8H2,1H3,(H,14,18)(H,16,17). The number of aliphatic carboxylic acids is 1. The number of nitrogens with one attached hydrogen (secondary N) is 1. The number of amides is 1. The van der Waals surface area contributed by atoms with Gasteiger partial charge in [-0.3, -0.25) is 9.78 Å². The predicted octanol–water partition coefficient (Wildman–Crippen LogP) is 1.71. The zero-order chi connectivity index (χ0) is 13.4. The van der Waals surface area contributed by atoms with Gasteiger partial charge >= 0.3 is 5.97 Å². The van der Waals surface area contributed by atoms with E-state index < -0.39 is 5.97 Å². The van der Waals surface area contributed by atoms with Crippen molar-refractivity contribution in [3.63, 3.8) is 0 Å². The second kappa shape index (κ2) is 7.21. The minimum Gasteiger partial charge on any atom is -0.478 e. The number of pyridine rings is 1. The lowest BCUT2D eigenvalue weighted by atomic mass is 10.2. The second-order valence-corrected chi connectivity index (χ2v) is 3.76. The fraction of sp³-hybridized carbons (Fsp3) is 0.308. The molecule has 18 heavy (non-hydrogen) atoms. The molecule has 1 amide bonds. The number of carboxylic acid groups (broad SMARTS) is 1. The van der Waals surface area contributed by atoms with E-state index in [9.17, 15) is 9.59 Å². The Balaban J connectivity index is 2.59. The van der Waals surface area contributed by atoms with Crippen molar-refractivity contribution in [3.8, 4) is 0 Å². The van der Waals surface area contributed by atoms with Gasteiger partial charge in [0.2, 0.25) is 0 Å². The Morgan fingerprint density at radius 1 is 1.44 bits per heavy atom. The van der Waals surface area contributed by atoms with Gasteiger partial charge in [0.05, 0.1) is 0 Å². The molecule has 1 aromatic rings. The van der Waals surface area contributed by atoms with Crippen LogP contribution in [-0.2, 0) is 4.79 Å². The van der Waals surface area contributed by atoms with Gasteiger partial charge < -0.3 is 10.4 Å². The van der Waals surface area contributed by atoms with Gasteiger partial charge in [-0.1, -0.05) is 19.4 Å². The van der Waals surface area contributed by atoms with Crippen LogP contribution in [0.25, 0.3) is 6.08 Å². The fourth-order valence-corrected chi connectivity index (χ4v) is 1.27. The van der Waals surface area contributed by atoms with Crippen LogP contribution in [0.4, 0.5) is 0 Å². The highest BCUT2D eigenvalue weighted by molar-refractivity contribution is 5.92. The van der Waals surface area contributed by atoms with Crippen LogP contribution in [0.1, 0.15) is 35.8 Å². The molecule has 1 rings (SSSR count). The molecular formula is C13H16N2O3. The molecule has 0 radical (unpaired) electrons. The van der Waals surface area contributed by atoms with Crippen molar-refractivity contribution >= 4 is 18.0 Å². The summed E-state index contributed by atoms with van der Waals surface area (Å²) in [5.74, 6) is -1.23. The van der Waals surface area contributed by atoms with Crippen molar-refractivity contribution in [2.24, 2.45) is 0 Å². The Labute approximate surface area is 106 Å². The van der Waals surface area contributed by atoms with Crippen molar-refractivity contribution in [1.82, 2.24) is 10.3 Å². The van der Waals surface area contributed by atoms with Gasteiger partial charge in [0.1, 0.15) is 5.69 Å². The molecule has 0 spiro atoms. The Morgan fingerprint density at radius 2 is 2.22 bits per heavy atom. The minimum atomic E-state index is -1.02. The fourth-order valence-electron chi connectivity index (χ4n) is 1.27. The highest BCUT2D eigenvalue weighted by Crippen LogP contribution is 2.02. The van der Waals surface area contributed by atoms with Gasteiger partial charge in [0, 0.05) is 18.8 Å². The largest absolute Gasteiger partial charge is 0.478 e. The maximum atomic E-state index is 11.6. The molecule has 1 heterocycles. The number of hydrogen-bond donors (Lipinski definition) is 2. The lowest BCUT2D eigenvalue weighted by Crippen LogP contribution is -2.25. The van der Waals surface area contributed by atoms with E-state index in [4.69, 9.17) is 5.11 Å². The van der Waals surface area contributed by atoms with Crippen LogP contribution in [0, 0.1) is 0 Å². The van der Waals surface area contributed by atoms with Crippen LogP contribution >= 0.6 is 0 Å². The average molecular weight is 248 g/mol. The van der Waals surface area contributed by atoms with Crippen molar-refractivity contribution in [2.75, 3.05) is 6.54 Å². The molecule has 96 valence electrons. The third-order valence-electron chi connectivity index (χ3n) is 2.25. The average Bonchev–Trinajstić information content (AvgIpc) is 2.37. The van der Waals surface area contributed by atoms with Crippen LogP contribution in [0.3, 0.4) is 0 Å².